The summed E-state index contributed by atoms with van der Waals surface area (Å²) in [5, 5.41) is 4.12. The second-order valence-electron chi connectivity index (χ2n) is 8.95. The van der Waals surface area contributed by atoms with Crippen molar-refractivity contribution in [3.8, 4) is 22.3 Å². The molecular weight excluding hydrogens is 374 g/mol. The lowest BCUT2D eigenvalue weighted by atomic mass is 9.92. The Morgan fingerprint density at radius 1 is 0.516 bits per heavy atom. The van der Waals surface area contributed by atoms with E-state index in [1.54, 1.807) is 0 Å². The molecule has 1 heteroatoms. The normalized spacial score (nSPS) is 13.5. The molecule has 0 bridgehead atoms. The van der Waals surface area contributed by atoms with Crippen LogP contribution in [-0.4, -0.2) is 4.40 Å². The van der Waals surface area contributed by atoms with Crippen LogP contribution in [0.3, 0.4) is 0 Å². The van der Waals surface area contributed by atoms with Crippen LogP contribution in [0.25, 0.3) is 49.4 Å². The maximum atomic E-state index is 2.42. The SMILES string of the molecule is c1ccc2c(c1)Cc1ccc3c(c1-2)c1ccc2c(c1n1cccc31)-c1ccccc1C2. The Morgan fingerprint density at radius 3 is 1.94 bits per heavy atom. The lowest BCUT2D eigenvalue weighted by molar-refractivity contribution is 1.25. The molecule has 6 aromatic rings. The van der Waals surface area contributed by atoms with Crippen molar-refractivity contribution in [3.63, 3.8) is 0 Å². The van der Waals surface area contributed by atoms with Crippen LogP contribution in [-0.2, 0) is 12.8 Å². The Labute approximate surface area is 180 Å². The van der Waals surface area contributed by atoms with E-state index < -0.39 is 0 Å². The van der Waals surface area contributed by atoms with Gasteiger partial charge < -0.3 is 4.40 Å². The molecule has 31 heavy (non-hydrogen) atoms. The van der Waals surface area contributed by atoms with Crippen LogP contribution < -0.4 is 0 Å². The second kappa shape index (κ2) is 5.44. The Morgan fingerprint density at radius 2 is 1.16 bits per heavy atom. The number of aromatic nitrogens is 1. The van der Waals surface area contributed by atoms with Crippen molar-refractivity contribution in [1.29, 1.82) is 0 Å². The van der Waals surface area contributed by atoms with Crippen LogP contribution in [0.2, 0.25) is 0 Å². The number of hydrogen-bond donors (Lipinski definition) is 0. The van der Waals surface area contributed by atoms with Gasteiger partial charge in [-0.25, -0.2) is 0 Å². The van der Waals surface area contributed by atoms with Crippen LogP contribution in [0.5, 0.6) is 0 Å². The highest BCUT2D eigenvalue weighted by Crippen LogP contribution is 2.48. The summed E-state index contributed by atoms with van der Waals surface area (Å²) in [6.07, 6.45) is 4.29. The molecule has 0 atom stereocenters. The molecule has 0 N–H and O–H groups in total. The molecule has 2 heterocycles. The molecule has 0 unspecified atom stereocenters. The third-order valence-electron chi connectivity index (χ3n) is 7.43. The topological polar surface area (TPSA) is 4.41 Å². The predicted molar refractivity (Wildman–Crippen MR) is 129 cm³/mol. The Bertz CT molecular complexity index is 1730. The van der Waals surface area contributed by atoms with E-state index in [9.17, 15) is 0 Å². The minimum Gasteiger partial charge on any atom is -0.315 e. The van der Waals surface area contributed by atoms with Gasteiger partial charge in [0, 0.05) is 27.9 Å². The maximum Gasteiger partial charge on any atom is 0.0615 e. The quantitative estimate of drug-likeness (QED) is 0.237. The molecule has 0 saturated heterocycles. The van der Waals surface area contributed by atoms with E-state index in [1.165, 1.54) is 71.7 Å². The Balaban J connectivity index is 1.65. The van der Waals surface area contributed by atoms with Gasteiger partial charge in [-0.3, -0.25) is 0 Å². The van der Waals surface area contributed by atoms with Gasteiger partial charge in [0.25, 0.3) is 0 Å². The van der Waals surface area contributed by atoms with Crippen molar-refractivity contribution in [2.24, 2.45) is 0 Å². The van der Waals surface area contributed by atoms with Gasteiger partial charge >= 0.3 is 0 Å². The summed E-state index contributed by atoms with van der Waals surface area (Å²) < 4.78 is 2.42. The molecule has 144 valence electrons. The van der Waals surface area contributed by atoms with E-state index in [-0.39, 0.29) is 0 Å². The zero-order chi connectivity index (χ0) is 20.1. The fourth-order valence-corrected chi connectivity index (χ4v) is 6.17. The van der Waals surface area contributed by atoms with Crippen molar-refractivity contribution >= 4 is 27.2 Å². The monoisotopic (exact) mass is 393 g/mol. The molecule has 0 fully saturated rings. The van der Waals surface area contributed by atoms with Gasteiger partial charge in [-0.05, 0) is 63.9 Å². The van der Waals surface area contributed by atoms with E-state index >= 15 is 0 Å². The summed E-state index contributed by atoms with van der Waals surface area (Å²) in [5.41, 5.74) is 14.1. The largest absolute Gasteiger partial charge is 0.315 e. The first-order valence-electron chi connectivity index (χ1n) is 11.1. The van der Waals surface area contributed by atoms with E-state index in [0.717, 1.165) is 12.8 Å². The van der Waals surface area contributed by atoms with Crippen molar-refractivity contribution in [1.82, 2.24) is 4.40 Å². The summed E-state index contributed by atoms with van der Waals surface area (Å²) in [7, 11) is 0. The third-order valence-corrected chi connectivity index (χ3v) is 7.43. The Kier molecular flexibility index (Phi) is 2.80. The number of pyridine rings is 1. The minimum absolute atomic E-state index is 1.03. The first-order chi connectivity index (χ1) is 15.4. The zero-order valence-electron chi connectivity index (χ0n) is 17.0. The molecule has 2 aliphatic carbocycles. The lowest BCUT2D eigenvalue weighted by Crippen LogP contribution is -1.95. The third kappa shape index (κ3) is 1.88. The van der Waals surface area contributed by atoms with Crippen LogP contribution in [0.4, 0.5) is 0 Å². The predicted octanol–water partition coefficient (Wildman–Crippen LogP) is 7.39. The van der Waals surface area contributed by atoms with Gasteiger partial charge in [-0.15, -0.1) is 0 Å². The molecule has 2 aliphatic rings. The summed E-state index contributed by atoms with van der Waals surface area (Å²) in [6.45, 7) is 0. The molecule has 0 amide bonds. The van der Waals surface area contributed by atoms with E-state index in [0.29, 0.717) is 0 Å². The highest BCUT2D eigenvalue weighted by molar-refractivity contribution is 6.22. The molecule has 2 aromatic heterocycles. The van der Waals surface area contributed by atoms with Crippen molar-refractivity contribution < 1.29 is 0 Å². The van der Waals surface area contributed by atoms with Crippen LogP contribution in [0.1, 0.15) is 22.3 Å². The molecule has 0 radical (unpaired) electrons. The summed E-state index contributed by atoms with van der Waals surface area (Å²) >= 11 is 0. The number of nitrogens with zero attached hydrogens (tertiary/aromatic N) is 1. The number of hydrogen-bond acceptors (Lipinski definition) is 0. The number of benzene rings is 4. The zero-order valence-corrected chi connectivity index (χ0v) is 17.0. The molecule has 1 nitrogen and oxygen atoms in total. The van der Waals surface area contributed by atoms with Crippen LogP contribution in [0.15, 0.2) is 91.1 Å². The van der Waals surface area contributed by atoms with Gasteiger partial charge in [0.2, 0.25) is 0 Å². The van der Waals surface area contributed by atoms with Crippen LogP contribution >= 0.6 is 0 Å². The van der Waals surface area contributed by atoms with Gasteiger partial charge in [-0.2, -0.15) is 0 Å². The van der Waals surface area contributed by atoms with Crippen molar-refractivity contribution in [2.45, 2.75) is 12.8 Å². The van der Waals surface area contributed by atoms with Crippen molar-refractivity contribution in [3.05, 3.63) is 113 Å². The minimum atomic E-state index is 1.03. The number of fused-ring (bicyclic) bond motifs is 14. The lowest BCUT2D eigenvalue weighted by Gasteiger charge is -2.16. The molecule has 4 aromatic carbocycles. The fourth-order valence-electron chi connectivity index (χ4n) is 6.17. The summed E-state index contributed by atoms with van der Waals surface area (Å²) in [6, 6.07) is 31.7. The molecule has 8 rings (SSSR count). The highest BCUT2D eigenvalue weighted by atomic mass is 14.9. The molecule has 0 saturated carbocycles. The second-order valence-corrected chi connectivity index (χ2v) is 8.95. The van der Waals surface area contributed by atoms with Gasteiger partial charge in [-0.1, -0.05) is 72.8 Å². The van der Waals surface area contributed by atoms with Gasteiger partial charge in [0.05, 0.1) is 11.0 Å². The van der Waals surface area contributed by atoms with E-state index in [2.05, 4.69) is 95.5 Å². The summed E-state index contributed by atoms with van der Waals surface area (Å²) in [5.74, 6) is 0. The first-order valence-corrected chi connectivity index (χ1v) is 11.1. The van der Waals surface area contributed by atoms with Gasteiger partial charge in [0.1, 0.15) is 0 Å². The van der Waals surface area contributed by atoms with E-state index in [4.69, 9.17) is 0 Å². The van der Waals surface area contributed by atoms with Crippen LogP contribution in [0, 0.1) is 0 Å². The smallest absolute Gasteiger partial charge is 0.0615 e. The van der Waals surface area contributed by atoms with Crippen molar-refractivity contribution in [2.75, 3.05) is 0 Å². The van der Waals surface area contributed by atoms with Gasteiger partial charge in [0.15, 0.2) is 0 Å². The maximum absolute atomic E-state index is 2.42. The average molecular weight is 393 g/mol. The Hall–Kier alpha value is -3.84. The first kappa shape index (κ1) is 15.9. The molecule has 0 spiro atoms. The average Bonchev–Trinajstić information content (AvgIpc) is 3.52. The van der Waals surface area contributed by atoms with E-state index in [1.807, 2.05) is 0 Å². The molecule has 0 aliphatic heterocycles. The standard InChI is InChI=1S/C30H19N/c1-3-8-22-18(6-1)16-20-11-13-24-26-10-5-15-31(26)30-25(29(24)27(20)22)14-12-21-17-19-7-2-4-9-23(19)28(21)30/h1-15H,16-17H2. The summed E-state index contributed by atoms with van der Waals surface area (Å²) in [4.78, 5) is 0. The highest BCUT2D eigenvalue weighted by Gasteiger charge is 2.26. The molecular formula is C30H19N. The number of rotatable bonds is 0. The fraction of sp³-hybridized carbons (Fsp3) is 0.0667.